The van der Waals surface area contributed by atoms with Gasteiger partial charge in [-0.05, 0) is 18.8 Å². The van der Waals surface area contributed by atoms with Crippen LogP contribution in [0.25, 0.3) is 0 Å². The van der Waals surface area contributed by atoms with E-state index < -0.39 is 5.97 Å². The number of amides is 1. The van der Waals surface area contributed by atoms with Crippen LogP contribution >= 0.6 is 0 Å². The second kappa shape index (κ2) is 6.73. The maximum absolute atomic E-state index is 12.3. The van der Waals surface area contributed by atoms with Crippen LogP contribution in [0.4, 0.5) is 0 Å². The van der Waals surface area contributed by atoms with E-state index in [9.17, 15) is 9.59 Å². The first-order valence-corrected chi connectivity index (χ1v) is 6.53. The highest BCUT2D eigenvalue weighted by molar-refractivity contribution is 5.83. The topological polar surface area (TPSA) is 66.8 Å². The Morgan fingerprint density at radius 2 is 1.83 bits per heavy atom. The van der Waals surface area contributed by atoms with E-state index in [1.54, 1.807) is 0 Å². The second-order valence-corrected chi connectivity index (χ2v) is 5.24. The van der Waals surface area contributed by atoms with Gasteiger partial charge < -0.3 is 14.7 Å². The van der Waals surface area contributed by atoms with Gasteiger partial charge in [-0.3, -0.25) is 9.59 Å². The van der Waals surface area contributed by atoms with Crippen molar-refractivity contribution >= 4 is 11.9 Å². The van der Waals surface area contributed by atoms with Crippen LogP contribution in [-0.2, 0) is 14.3 Å². The summed E-state index contributed by atoms with van der Waals surface area (Å²) in [6.07, 6.45) is 1.45. The van der Waals surface area contributed by atoms with Crippen molar-refractivity contribution in [3.63, 3.8) is 0 Å². The molecule has 1 N–H and O–H groups in total. The van der Waals surface area contributed by atoms with Crippen molar-refractivity contribution in [2.24, 2.45) is 11.8 Å². The average Bonchev–Trinajstić information content (AvgIpc) is 2.35. The third kappa shape index (κ3) is 3.98. The normalized spacial score (nSPS) is 18.7. The molecule has 18 heavy (non-hydrogen) atoms. The van der Waals surface area contributed by atoms with E-state index >= 15 is 0 Å². The van der Waals surface area contributed by atoms with Crippen molar-refractivity contribution in [2.75, 3.05) is 19.8 Å². The van der Waals surface area contributed by atoms with E-state index in [1.807, 2.05) is 20.8 Å². The smallest absolute Gasteiger partial charge is 0.323 e. The monoisotopic (exact) mass is 257 g/mol. The lowest BCUT2D eigenvalue weighted by Gasteiger charge is -2.35. The predicted molar refractivity (Wildman–Crippen MR) is 67.2 cm³/mol. The first-order valence-electron chi connectivity index (χ1n) is 6.53. The van der Waals surface area contributed by atoms with Gasteiger partial charge >= 0.3 is 5.97 Å². The molecule has 0 aromatic heterocycles. The summed E-state index contributed by atoms with van der Waals surface area (Å²) in [6.45, 7) is 6.81. The predicted octanol–water partition coefficient (Wildman–Crippen LogP) is 1.37. The lowest BCUT2D eigenvalue weighted by atomic mass is 9.95. The molecule has 1 fully saturated rings. The van der Waals surface area contributed by atoms with Gasteiger partial charge in [0.25, 0.3) is 0 Å². The SMILES string of the molecule is CC(C)[C@@H](C)C(=O)N(CC(=O)O)C1CCOCC1. The van der Waals surface area contributed by atoms with Gasteiger partial charge in [-0.25, -0.2) is 0 Å². The molecule has 1 amide bonds. The maximum atomic E-state index is 12.3. The fourth-order valence-electron chi connectivity index (χ4n) is 2.08. The Morgan fingerprint density at radius 1 is 1.28 bits per heavy atom. The molecule has 1 saturated heterocycles. The van der Waals surface area contributed by atoms with Crippen LogP contribution in [0, 0.1) is 11.8 Å². The van der Waals surface area contributed by atoms with Crippen LogP contribution in [-0.4, -0.2) is 47.7 Å². The van der Waals surface area contributed by atoms with Crippen LogP contribution in [0.5, 0.6) is 0 Å². The zero-order valence-electron chi connectivity index (χ0n) is 11.4. The summed E-state index contributed by atoms with van der Waals surface area (Å²) in [6, 6.07) is 0.00329. The van der Waals surface area contributed by atoms with E-state index in [0.29, 0.717) is 13.2 Å². The highest BCUT2D eigenvalue weighted by Gasteiger charge is 2.31. The Morgan fingerprint density at radius 3 is 2.28 bits per heavy atom. The summed E-state index contributed by atoms with van der Waals surface area (Å²) in [7, 11) is 0. The number of hydrogen-bond donors (Lipinski definition) is 1. The number of nitrogens with zero attached hydrogens (tertiary/aromatic N) is 1. The summed E-state index contributed by atoms with van der Waals surface area (Å²) in [5, 5.41) is 8.96. The van der Waals surface area contributed by atoms with Crippen molar-refractivity contribution in [1.29, 1.82) is 0 Å². The molecule has 1 rings (SSSR count). The van der Waals surface area contributed by atoms with Crippen LogP contribution in [0.2, 0.25) is 0 Å². The van der Waals surface area contributed by atoms with Gasteiger partial charge in [0.1, 0.15) is 6.54 Å². The van der Waals surface area contributed by atoms with Crippen LogP contribution in [0.3, 0.4) is 0 Å². The quantitative estimate of drug-likeness (QED) is 0.807. The Labute approximate surface area is 108 Å². The highest BCUT2D eigenvalue weighted by Crippen LogP contribution is 2.20. The molecule has 0 bridgehead atoms. The van der Waals surface area contributed by atoms with Gasteiger partial charge in [0.15, 0.2) is 0 Å². The molecule has 104 valence electrons. The average molecular weight is 257 g/mol. The lowest BCUT2D eigenvalue weighted by molar-refractivity contribution is -0.150. The van der Waals surface area contributed by atoms with Gasteiger partial charge in [0.2, 0.25) is 5.91 Å². The molecule has 0 unspecified atom stereocenters. The minimum atomic E-state index is -0.953. The molecule has 1 heterocycles. The summed E-state index contributed by atoms with van der Waals surface area (Å²) in [4.78, 5) is 24.8. The lowest BCUT2D eigenvalue weighted by Crippen LogP contribution is -2.48. The Bertz CT molecular complexity index is 297. The van der Waals surface area contributed by atoms with E-state index in [0.717, 1.165) is 12.8 Å². The standard InChI is InChI=1S/C13H23NO4/c1-9(2)10(3)13(17)14(8-12(15)16)11-4-6-18-7-5-11/h9-11H,4-8H2,1-3H3,(H,15,16)/t10-/m1/s1. The zero-order valence-corrected chi connectivity index (χ0v) is 11.4. The molecule has 0 aromatic rings. The highest BCUT2D eigenvalue weighted by atomic mass is 16.5. The molecule has 0 aromatic carbocycles. The van der Waals surface area contributed by atoms with Crippen molar-refractivity contribution in [1.82, 2.24) is 4.90 Å². The van der Waals surface area contributed by atoms with E-state index in [2.05, 4.69) is 0 Å². The number of carboxylic acids is 1. The number of carbonyl (C=O) groups excluding carboxylic acids is 1. The van der Waals surface area contributed by atoms with Crippen molar-refractivity contribution in [2.45, 2.75) is 39.7 Å². The van der Waals surface area contributed by atoms with Crippen molar-refractivity contribution < 1.29 is 19.4 Å². The number of rotatable bonds is 5. The Balaban J connectivity index is 2.76. The van der Waals surface area contributed by atoms with Crippen molar-refractivity contribution in [3.8, 4) is 0 Å². The summed E-state index contributed by atoms with van der Waals surface area (Å²) < 4.78 is 5.26. The number of ether oxygens (including phenoxy) is 1. The molecule has 0 aliphatic carbocycles. The first-order chi connectivity index (χ1) is 8.43. The first kappa shape index (κ1) is 15.0. The molecule has 1 atom stereocenters. The number of carboxylic acid groups (broad SMARTS) is 1. The molecule has 0 radical (unpaired) electrons. The number of hydrogen-bond acceptors (Lipinski definition) is 3. The Hall–Kier alpha value is -1.10. The van der Waals surface area contributed by atoms with E-state index in [4.69, 9.17) is 9.84 Å². The Kier molecular flexibility index (Phi) is 5.59. The third-order valence-electron chi connectivity index (χ3n) is 3.61. The maximum Gasteiger partial charge on any atom is 0.323 e. The van der Waals surface area contributed by atoms with Crippen LogP contribution < -0.4 is 0 Å². The molecular formula is C13H23NO4. The van der Waals surface area contributed by atoms with Crippen LogP contribution in [0.1, 0.15) is 33.6 Å². The largest absolute Gasteiger partial charge is 0.480 e. The molecule has 5 nitrogen and oxygen atoms in total. The molecule has 1 aliphatic rings. The fourth-order valence-corrected chi connectivity index (χ4v) is 2.08. The van der Waals surface area contributed by atoms with Gasteiger partial charge in [0, 0.05) is 25.2 Å². The second-order valence-electron chi connectivity index (χ2n) is 5.24. The molecule has 1 aliphatic heterocycles. The zero-order chi connectivity index (χ0) is 13.7. The number of carbonyl (C=O) groups is 2. The molecular weight excluding hydrogens is 234 g/mol. The van der Waals surface area contributed by atoms with Crippen molar-refractivity contribution in [3.05, 3.63) is 0 Å². The molecule has 0 saturated carbocycles. The van der Waals surface area contributed by atoms with E-state index in [1.165, 1.54) is 4.90 Å². The van der Waals surface area contributed by atoms with Gasteiger partial charge in [0.05, 0.1) is 0 Å². The minimum Gasteiger partial charge on any atom is -0.480 e. The minimum absolute atomic E-state index is 0.00329. The van der Waals surface area contributed by atoms with E-state index in [-0.39, 0.29) is 30.3 Å². The molecule has 5 heteroatoms. The fraction of sp³-hybridized carbons (Fsp3) is 0.846. The summed E-state index contributed by atoms with van der Waals surface area (Å²) >= 11 is 0. The third-order valence-corrected chi connectivity index (χ3v) is 3.61. The summed E-state index contributed by atoms with van der Waals surface area (Å²) in [5.74, 6) is -0.939. The van der Waals surface area contributed by atoms with Gasteiger partial charge in [-0.15, -0.1) is 0 Å². The number of aliphatic carboxylic acids is 1. The summed E-state index contributed by atoms with van der Waals surface area (Å²) in [5.41, 5.74) is 0. The van der Waals surface area contributed by atoms with Gasteiger partial charge in [-0.2, -0.15) is 0 Å². The van der Waals surface area contributed by atoms with Gasteiger partial charge in [-0.1, -0.05) is 20.8 Å². The van der Waals surface area contributed by atoms with Crippen LogP contribution in [0.15, 0.2) is 0 Å². The molecule has 0 spiro atoms.